The predicted octanol–water partition coefficient (Wildman–Crippen LogP) is 2.22. The number of benzene rings is 2. The van der Waals surface area contributed by atoms with E-state index in [0.29, 0.717) is 16.5 Å². The number of aliphatic hydroxyl groups is 4. The molecule has 1 fully saturated rings. The van der Waals surface area contributed by atoms with Crippen LogP contribution in [0, 0.1) is 12.7 Å². The molecule has 7 nitrogen and oxygen atoms in total. The zero-order valence-corrected chi connectivity index (χ0v) is 17.8. The molecule has 1 aromatic heterocycles. The summed E-state index contributed by atoms with van der Waals surface area (Å²) >= 11 is 1.41. The first kappa shape index (κ1) is 22.1. The molecule has 2 heterocycles. The molecular formula is C22H24FNO6S. The quantitative estimate of drug-likeness (QED) is 0.474. The second-order valence-corrected chi connectivity index (χ2v) is 8.63. The van der Waals surface area contributed by atoms with Gasteiger partial charge in [0.05, 0.1) is 19.2 Å². The van der Waals surface area contributed by atoms with Gasteiger partial charge in [0.2, 0.25) is 0 Å². The Hall–Kier alpha value is -2.14. The lowest BCUT2D eigenvalue weighted by atomic mass is 9.98. The van der Waals surface area contributed by atoms with Crippen LogP contribution in [0.5, 0.6) is 5.75 Å². The van der Waals surface area contributed by atoms with Crippen LogP contribution < -0.4 is 4.74 Å². The molecule has 0 aliphatic carbocycles. The van der Waals surface area contributed by atoms with Gasteiger partial charge in [-0.1, -0.05) is 11.8 Å². The molecule has 4 rings (SSSR count). The van der Waals surface area contributed by atoms with Crippen molar-refractivity contribution in [2.75, 3.05) is 13.7 Å². The van der Waals surface area contributed by atoms with Gasteiger partial charge >= 0.3 is 0 Å². The fourth-order valence-electron chi connectivity index (χ4n) is 3.89. The van der Waals surface area contributed by atoms with Crippen LogP contribution >= 0.6 is 11.8 Å². The molecule has 0 bridgehead atoms. The summed E-state index contributed by atoms with van der Waals surface area (Å²) in [6, 6.07) is 10.2. The van der Waals surface area contributed by atoms with Gasteiger partial charge in [0.1, 0.15) is 36.0 Å². The molecule has 1 saturated heterocycles. The lowest BCUT2D eigenvalue weighted by molar-refractivity contribution is -0.250. The van der Waals surface area contributed by atoms with E-state index in [2.05, 4.69) is 0 Å². The van der Waals surface area contributed by atoms with Crippen molar-refractivity contribution in [1.29, 1.82) is 0 Å². The van der Waals surface area contributed by atoms with Gasteiger partial charge < -0.3 is 34.5 Å². The molecule has 1 aliphatic rings. The molecule has 9 heteroatoms. The molecule has 2 aromatic carbocycles. The SMILES string of the molecule is COc1ccc(Sc2cn([C@@H]3O[C@H](CO)[C@@H](O)[C@H](O)[C@H]3O)c3c(C)cc(F)cc23)cc1. The maximum atomic E-state index is 14.3. The minimum atomic E-state index is -1.51. The van der Waals surface area contributed by atoms with Crippen LogP contribution in [0.15, 0.2) is 52.4 Å². The van der Waals surface area contributed by atoms with Gasteiger partial charge in [-0.25, -0.2) is 4.39 Å². The Bertz CT molecular complexity index is 1070. The van der Waals surface area contributed by atoms with Gasteiger partial charge in [-0.15, -0.1) is 0 Å². The van der Waals surface area contributed by atoms with Crippen LogP contribution in [0.3, 0.4) is 0 Å². The molecule has 0 unspecified atom stereocenters. The predicted molar refractivity (Wildman–Crippen MR) is 113 cm³/mol. The number of aromatic nitrogens is 1. The van der Waals surface area contributed by atoms with Crippen LogP contribution in [0.4, 0.5) is 4.39 Å². The highest BCUT2D eigenvalue weighted by Gasteiger charge is 2.44. The Labute approximate surface area is 182 Å². The number of nitrogens with zero attached hydrogens (tertiary/aromatic N) is 1. The van der Waals surface area contributed by atoms with Crippen LogP contribution in [-0.4, -0.2) is 63.1 Å². The highest BCUT2D eigenvalue weighted by atomic mass is 32.2. The van der Waals surface area contributed by atoms with Crippen molar-refractivity contribution < 1.29 is 34.3 Å². The van der Waals surface area contributed by atoms with E-state index in [9.17, 15) is 24.8 Å². The van der Waals surface area contributed by atoms with Crippen molar-refractivity contribution in [1.82, 2.24) is 4.57 Å². The molecule has 166 valence electrons. The first-order valence-electron chi connectivity index (χ1n) is 9.77. The number of aryl methyl sites for hydroxylation is 1. The van der Waals surface area contributed by atoms with Gasteiger partial charge in [-0.05, 0) is 48.9 Å². The third kappa shape index (κ3) is 4.05. The first-order chi connectivity index (χ1) is 14.8. The fourth-order valence-corrected chi connectivity index (χ4v) is 4.85. The Balaban J connectivity index is 1.80. The average molecular weight is 450 g/mol. The van der Waals surface area contributed by atoms with Crippen LogP contribution in [0.25, 0.3) is 10.9 Å². The topological polar surface area (TPSA) is 104 Å². The third-order valence-electron chi connectivity index (χ3n) is 5.47. The standard InChI is InChI=1S/C22H24FNO6S/c1-11-7-12(23)8-15-17(31-14-5-3-13(29-2)4-6-14)9-24(18(11)15)22-21(28)20(27)19(26)16(10-25)30-22/h3-9,16,19-22,25-28H,10H2,1-2H3/t16-,19-,20+,21-,22-/m1/s1. The number of aliphatic hydroxyl groups excluding tert-OH is 4. The van der Waals surface area contributed by atoms with Crippen molar-refractivity contribution in [2.24, 2.45) is 0 Å². The minimum Gasteiger partial charge on any atom is -0.497 e. The Kier molecular flexibility index (Phi) is 6.25. The maximum Gasteiger partial charge on any atom is 0.163 e. The molecule has 4 N–H and O–H groups in total. The van der Waals surface area contributed by atoms with Gasteiger partial charge in [-0.3, -0.25) is 0 Å². The molecule has 31 heavy (non-hydrogen) atoms. The Morgan fingerprint density at radius 3 is 2.45 bits per heavy atom. The average Bonchev–Trinajstić information content (AvgIpc) is 3.11. The summed E-state index contributed by atoms with van der Waals surface area (Å²) in [5.41, 5.74) is 1.25. The minimum absolute atomic E-state index is 0.395. The van der Waals surface area contributed by atoms with Gasteiger partial charge in [0.25, 0.3) is 0 Å². The van der Waals surface area contributed by atoms with E-state index < -0.39 is 43.1 Å². The fraction of sp³-hybridized carbons (Fsp3) is 0.364. The van der Waals surface area contributed by atoms with Crippen LogP contribution in [-0.2, 0) is 4.74 Å². The largest absolute Gasteiger partial charge is 0.497 e. The van der Waals surface area contributed by atoms with E-state index in [1.165, 1.54) is 23.9 Å². The van der Waals surface area contributed by atoms with E-state index in [0.717, 1.165) is 15.5 Å². The number of rotatable bonds is 5. The molecule has 0 amide bonds. The highest BCUT2D eigenvalue weighted by molar-refractivity contribution is 7.99. The van der Waals surface area contributed by atoms with Gasteiger partial charge in [0.15, 0.2) is 6.23 Å². The highest BCUT2D eigenvalue weighted by Crippen LogP contribution is 2.40. The van der Waals surface area contributed by atoms with Crippen molar-refractivity contribution in [3.05, 3.63) is 54.0 Å². The summed E-state index contributed by atoms with van der Waals surface area (Å²) < 4.78 is 26.8. The van der Waals surface area contributed by atoms with E-state index in [4.69, 9.17) is 9.47 Å². The zero-order chi connectivity index (χ0) is 22.3. The van der Waals surface area contributed by atoms with Crippen molar-refractivity contribution in [3.63, 3.8) is 0 Å². The summed E-state index contributed by atoms with van der Waals surface area (Å²) in [5.74, 6) is 0.322. The van der Waals surface area contributed by atoms with E-state index >= 15 is 0 Å². The third-order valence-corrected chi connectivity index (χ3v) is 6.53. The molecule has 0 saturated carbocycles. The second-order valence-electron chi connectivity index (χ2n) is 7.52. The van der Waals surface area contributed by atoms with Crippen molar-refractivity contribution >= 4 is 22.7 Å². The number of hydrogen-bond donors (Lipinski definition) is 4. The maximum absolute atomic E-state index is 14.3. The van der Waals surface area contributed by atoms with E-state index in [-0.39, 0.29) is 0 Å². The summed E-state index contributed by atoms with van der Waals surface area (Å²) in [7, 11) is 1.59. The summed E-state index contributed by atoms with van der Waals surface area (Å²) in [5, 5.41) is 41.1. The number of ether oxygens (including phenoxy) is 2. The van der Waals surface area contributed by atoms with E-state index in [1.54, 1.807) is 24.8 Å². The second kappa shape index (κ2) is 8.78. The molecular weight excluding hydrogens is 425 g/mol. The van der Waals surface area contributed by atoms with Gasteiger partial charge in [0, 0.05) is 21.4 Å². The number of fused-ring (bicyclic) bond motifs is 1. The summed E-state index contributed by atoms with van der Waals surface area (Å²) in [6.07, 6.45) is -4.81. The van der Waals surface area contributed by atoms with Crippen LogP contribution in [0.1, 0.15) is 11.8 Å². The Morgan fingerprint density at radius 1 is 1.10 bits per heavy atom. The summed E-state index contributed by atoms with van der Waals surface area (Å²) in [4.78, 5) is 1.62. The smallest absolute Gasteiger partial charge is 0.163 e. The zero-order valence-electron chi connectivity index (χ0n) is 17.0. The number of halogens is 1. The number of methoxy groups -OCH3 is 1. The lowest BCUT2D eigenvalue weighted by Crippen LogP contribution is -2.56. The molecule has 1 aliphatic heterocycles. The Morgan fingerprint density at radius 2 is 1.81 bits per heavy atom. The molecule has 0 spiro atoms. The normalized spacial score (nSPS) is 26.4. The van der Waals surface area contributed by atoms with Crippen LogP contribution in [0.2, 0.25) is 0 Å². The monoisotopic (exact) mass is 449 g/mol. The first-order valence-corrected chi connectivity index (χ1v) is 10.6. The lowest BCUT2D eigenvalue weighted by Gasteiger charge is -2.40. The van der Waals surface area contributed by atoms with E-state index in [1.807, 2.05) is 24.3 Å². The molecule has 3 aromatic rings. The van der Waals surface area contributed by atoms with Gasteiger partial charge in [-0.2, -0.15) is 0 Å². The van der Waals surface area contributed by atoms with Crippen molar-refractivity contribution in [3.8, 4) is 5.75 Å². The molecule has 5 atom stereocenters. The molecule has 0 radical (unpaired) electrons. The number of hydrogen-bond acceptors (Lipinski definition) is 7. The summed E-state index contributed by atoms with van der Waals surface area (Å²) in [6.45, 7) is 1.22. The van der Waals surface area contributed by atoms with Crippen molar-refractivity contribution in [2.45, 2.75) is 47.4 Å².